The molecule has 0 radical (unpaired) electrons. The Morgan fingerprint density at radius 1 is 1.50 bits per heavy atom. The van der Waals surface area contributed by atoms with Crippen molar-refractivity contribution >= 4 is 17.5 Å². The number of hydrogen-bond acceptors (Lipinski definition) is 4. The Kier molecular flexibility index (Phi) is 3.76. The molecule has 1 aromatic heterocycles. The van der Waals surface area contributed by atoms with Crippen molar-refractivity contribution in [2.75, 3.05) is 25.4 Å². The van der Waals surface area contributed by atoms with Crippen molar-refractivity contribution in [3.63, 3.8) is 0 Å². The monoisotopic (exact) mass is 248 g/mol. The predicted molar refractivity (Wildman–Crippen MR) is 66.6 cm³/mol. The molecular formula is C12H16N4O2. The summed E-state index contributed by atoms with van der Waals surface area (Å²) >= 11 is 0. The number of carbonyl (C=O) groups is 2. The minimum atomic E-state index is -0.105. The minimum Gasteiger partial charge on any atom is -0.397 e. The van der Waals surface area contributed by atoms with Gasteiger partial charge in [0.05, 0.1) is 24.8 Å². The van der Waals surface area contributed by atoms with Gasteiger partial charge in [-0.3, -0.25) is 14.6 Å². The van der Waals surface area contributed by atoms with Crippen LogP contribution >= 0.6 is 0 Å². The van der Waals surface area contributed by atoms with Crippen LogP contribution in [0.3, 0.4) is 0 Å². The van der Waals surface area contributed by atoms with E-state index in [0.29, 0.717) is 24.5 Å². The Bertz CT molecular complexity index is 444. The first-order valence-electron chi connectivity index (χ1n) is 5.90. The molecule has 1 aliphatic heterocycles. The van der Waals surface area contributed by atoms with Crippen LogP contribution in [0.2, 0.25) is 0 Å². The van der Waals surface area contributed by atoms with Crippen molar-refractivity contribution in [2.24, 2.45) is 0 Å². The molecule has 0 saturated carbocycles. The zero-order valence-electron chi connectivity index (χ0n) is 10.1. The van der Waals surface area contributed by atoms with E-state index in [1.165, 1.54) is 6.20 Å². The van der Waals surface area contributed by atoms with Crippen LogP contribution < -0.4 is 11.1 Å². The quantitative estimate of drug-likeness (QED) is 0.742. The lowest BCUT2D eigenvalue weighted by Gasteiger charge is -2.18. The van der Waals surface area contributed by atoms with Gasteiger partial charge in [0.15, 0.2) is 0 Å². The highest BCUT2D eigenvalue weighted by atomic mass is 16.2. The van der Waals surface area contributed by atoms with E-state index in [9.17, 15) is 9.59 Å². The molecule has 3 N–H and O–H groups in total. The van der Waals surface area contributed by atoms with Gasteiger partial charge in [-0.2, -0.15) is 0 Å². The molecule has 1 fully saturated rings. The van der Waals surface area contributed by atoms with Crippen LogP contribution in [0.25, 0.3) is 0 Å². The number of nitrogens with one attached hydrogen (secondary N) is 1. The van der Waals surface area contributed by atoms with Gasteiger partial charge in [-0.1, -0.05) is 0 Å². The van der Waals surface area contributed by atoms with Crippen molar-refractivity contribution < 1.29 is 9.59 Å². The van der Waals surface area contributed by atoms with E-state index in [1.807, 2.05) is 0 Å². The summed E-state index contributed by atoms with van der Waals surface area (Å²) in [7, 11) is 0. The normalized spacial score (nSPS) is 16.0. The van der Waals surface area contributed by atoms with Crippen molar-refractivity contribution in [1.29, 1.82) is 0 Å². The number of rotatable bonds is 2. The molecule has 6 heteroatoms. The van der Waals surface area contributed by atoms with E-state index in [4.69, 9.17) is 5.73 Å². The molecule has 0 spiro atoms. The molecule has 1 aliphatic rings. The van der Waals surface area contributed by atoms with Gasteiger partial charge in [0.2, 0.25) is 11.8 Å². The number of aromatic nitrogens is 1. The first-order valence-corrected chi connectivity index (χ1v) is 5.90. The van der Waals surface area contributed by atoms with E-state index in [0.717, 1.165) is 6.42 Å². The highest BCUT2D eigenvalue weighted by Gasteiger charge is 2.19. The topological polar surface area (TPSA) is 88.3 Å². The SMILES string of the molecule is Nc1ccc(CC(=O)N2CCCNC(=O)C2)nc1. The molecular weight excluding hydrogens is 232 g/mol. The van der Waals surface area contributed by atoms with Crippen molar-refractivity contribution in [2.45, 2.75) is 12.8 Å². The average molecular weight is 248 g/mol. The summed E-state index contributed by atoms with van der Waals surface area (Å²) in [5.74, 6) is -0.185. The van der Waals surface area contributed by atoms with Gasteiger partial charge in [0.25, 0.3) is 0 Å². The van der Waals surface area contributed by atoms with Gasteiger partial charge < -0.3 is 16.0 Å². The smallest absolute Gasteiger partial charge is 0.239 e. The Hall–Kier alpha value is -2.11. The van der Waals surface area contributed by atoms with Crippen LogP contribution in [0.5, 0.6) is 0 Å². The molecule has 1 saturated heterocycles. The van der Waals surface area contributed by atoms with Crippen LogP contribution in [0.4, 0.5) is 5.69 Å². The van der Waals surface area contributed by atoms with E-state index in [1.54, 1.807) is 17.0 Å². The lowest BCUT2D eigenvalue weighted by molar-refractivity contribution is -0.134. The fourth-order valence-electron chi connectivity index (χ4n) is 1.83. The maximum absolute atomic E-state index is 12.0. The fourth-order valence-corrected chi connectivity index (χ4v) is 1.83. The number of nitrogens with zero attached hydrogens (tertiary/aromatic N) is 2. The number of nitrogens with two attached hydrogens (primary N) is 1. The van der Waals surface area contributed by atoms with E-state index < -0.39 is 0 Å². The molecule has 0 bridgehead atoms. The lowest BCUT2D eigenvalue weighted by Crippen LogP contribution is -2.38. The maximum atomic E-state index is 12.0. The van der Waals surface area contributed by atoms with Crippen molar-refractivity contribution in [3.8, 4) is 0 Å². The summed E-state index contributed by atoms with van der Waals surface area (Å²) in [6.45, 7) is 1.36. The van der Waals surface area contributed by atoms with Gasteiger partial charge in [-0.15, -0.1) is 0 Å². The van der Waals surface area contributed by atoms with Gasteiger partial charge in [0.1, 0.15) is 0 Å². The first kappa shape index (κ1) is 12.3. The standard InChI is InChI=1S/C12H16N4O2/c13-9-2-3-10(15-7-9)6-12(18)16-5-1-4-14-11(17)8-16/h2-3,7H,1,4-6,8,13H2,(H,14,17). The Morgan fingerprint density at radius 3 is 3.06 bits per heavy atom. The van der Waals surface area contributed by atoms with Gasteiger partial charge in [-0.25, -0.2) is 0 Å². The zero-order chi connectivity index (χ0) is 13.0. The highest BCUT2D eigenvalue weighted by Crippen LogP contribution is 2.05. The second kappa shape index (κ2) is 5.48. The summed E-state index contributed by atoms with van der Waals surface area (Å²) in [6, 6.07) is 3.44. The predicted octanol–water partition coefficient (Wildman–Crippen LogP) is -0.445. The van der Waals surface area contributed by atoms with Crippen LogP contribution in [0.15, 0.2) is 18.3 Å². The molecule has 96 valence electrons. The summed E-state index contributed by atoms with van der Waals surface area (Å²) in [4.78, 5) is 29.0. The number of carbonyl (C=O) groups excluding carboxylic acids is 2. The fraction of sp³-hybridized carbons (Fsp3) is 0.417. The second-order valence-electron chi connectivity index (χ2n) is 4.28. The number of amides is 2. The molecule has 2 rings (SSSR count). The minimum absolute atomic E-state index is 0.0793. The summed E-state index contributed by atoms with van der Waals surface area (Å²) in [5, 5.41) is 2.74. The number of anilines is 1. The molecule has 2 heterocycles. The molecule has 18 heavy (non-hydrogen) atoms. The van der Waals surface area contributed by atoms with Crippen LogP contribution in [-0.4, -0.2) is 41.3 Å². The van der Waals surface area contributed by atoms with E-state index in [-0.39, 0.29) is 24.8 Å². The van der Waals surface area contributed by atoms with Crippen molar-refractivity contribution in [1.82, 2.24) is 15.2 Å². The van der Waals surface area contributed by atoms with Crippen LogP contribution in [0.1, 0.15) is 12.1 Å². The van der Waals surface area contributed by atoms with E-state index in [2.05, 4.69) is 10.3 Å². The zero-order valence-corrected chi connectivity index (χ0v) is 10.1. The molecule has 0 unspecified atom stereocenters. The Balaban J connectivity index is 1.98. The summed E-state index contributed by atoms with van der Waals surface area (Å²) < 4.78 is 0. The molecule has 0 aliphatic carbocycles. The van der Waals surface area contributed by atoms with Gasteiger partial charge in [0, 0.05) is 18.8 Å². The number of hydrogen-bond donors (Lipinski definition) is 2. The highest BCUT2D eigenvalue weighted by molar-refractivity contribution is 5.86. The third kappa shape index (κ3) is 3.19. The largest absolute Gasteiger partial charge is 0.397 e. The summed E-state index contributed by atoms with van der Waals surface area (Å²) in [5.41, 5.74) is 6.76. The second-order valence-corrected chi connectivity index (χ2v) is 4.28. The maximum Gasteiger partial charge on any atom is 0.239 e. The lowest BCUT2D eigenvalue weighted by atomic mass is 10.2. The Morgan fingerprint density at radius 2 is 2.33 bits per heavy atom. The van der Waals surface area contributed by atoms with Gasteiger partial charge in [-0.05, 0) is 18.6 Å². The van der Waals surface area contributed by atoms with Crippen LogP contribution in [0, 0.1) is 0 Å². The average Bonchev–Trinajstić information content (AvgIpc) is 2.57. The molecule has 1 aromatic rings. The third-order valence-electron chi connectivity index (χ3n) is 2.79. The molecule has 0 aromatic carbocycles. The van der Waals surface area contributed by atoms with Gasteiger partial charge >= 0.3 is 0 Å². The first-order chi connectivity index (χ1) is 8.65. The number of nitrogen functional groups attached to an aromatic ring is 1. The number of pyridine rings is 1. The summed E-state index contributed by atoms with van der Waals surface area (Å²) in [6.07, 6.45) is 2.51. The molecule has 0 atom stereocenters. The molecule has 2 amide bonds. The van der Waals surface area contributed by atoms with Crippen LogP contribution in [-0.2, 0) is 16.0 Å². The van der Waals surface area contributed by atoms with E-state index >= 15 is 0 Å². The van der Waals surface area contributed by atoms with Crippen molar-refractivity contribution in [3.05, 3.63) is 24.0 Å². The molecule has 6 nitrogen and oxygen atoms in total. The Labute approximate surface area is 105 Å². The third-order valence-corrected chi connectivity index (χ3v) is 2.79.